The van der Waals surface area contributed by atoms with Crippen LogP contribution in [0.15, 0.2) is 65.6 Å². The highest BCUT2D eigenvalue weighted by Crippen LogP contribution is 2.19. The molecule has 0 unspecified atom stereocenters. The van der Waals surface area contributed by atoms with Crippen molar-refractivity contribution in [2.45, 2.75) is 11.8 Å². The Kier molecular flexibility index (Phi) is 5.55. The minimum atomic E-state index is -3.78. The molecule has 3 aromatic rings. The third kappa shape index (κ3) is 4.63. The number of hydrogen-bond acceptors (Lipinski definition) is 7. The second kappa shape index (κ2) is 8.05. The van der Waals surface area contributed by atoms with Gasteiger partial charge in [-0.1, -0.05) is 0 Å². The molecule has 3 rings (SSSR count). The minimum Gasteiger partial charge on any atom is -0.497 e. The predicted molar refractivity (Wildman–Crippen MR) is 106 cm³/mol. The molecule has 2 aromatic carbocycles. The molecule has 2 N–H and O–H groups in total. The van der Waals surface area contributed by atoms with Crippen LogP contribution in [0.1, 0.15) is 17.3 Å². The van der Waals surface area contributed by atoms with Gasteiger partial charge in [0.05, 0.1) is 12.0 Å². The topological polar surface area (TPSA) is 110 Å². The number of sulfonamides is 1. The molecule has 0 amide bonds. The van der Waals surface area contributed by atoms with E-state index in [4.69, 9.17) is 4.74 Å². The molecule has 0 saturated heterocycles. The number of hydrogen-bond donors (Lipinski definition) is 2. The van der Waals surface area contributed by atoms with Crippen LogP contribution in [0.4, 0.5) is 17.3 Å². The van der Waals surface area contributed by atoms with E-state index in [1.807, 2.05) is 0 Å². The van der Waals surface area contributed by atoms with E-state index >= 15 is 0 Å². The van der Waals surface area contributed by atoms with E-state index in [1.54, 1.807) is 42.5 Å². The third-order valence-corrected chi connectivity index (χ3v) is 5.21. The van der Waals surface area contributed by atoms with Crippen LogP contribution in [-0.2, 0) is 10.0 Å². The van der Waals surface area contributed by atoms with Crippen LogP contribution in [0, 0.1) is 0 Å². The van der Waals surface area contributed by atoms with E-state index < -0.39 is 10.0 Å². The van der Waals surface area contributed by atoms with Gasteiger partial charge < -0.3 is 10.1 Å². The average molecular weight is 398 g/mol. The first-order valence-corrected chi connectivity index (χ1v) is 9.74. The molecule has 0 fully saturated rings. The van der Waals surface area contributed by atoms with Crippen molar-refractivity contribution < 1.29 is 17.9 Å². The van der Waals surface area contributed by atoms with Crippen LogP contribution in [0.5, 0.6) is 5.75 Å². The van der Waals surface area contributed by atoms with Gasteiger partial charge in [-0.2, -0.15) is 0 Å². The van der Waals surface area contributed by atoms with E-state index in [0.717, 1.165) is 5.69 Å². The first-order valence-electron chi connectivity index (χ1n) is 8.26. The third-order valence-electron chi connectivity index (χ3n) is 3.84. The number of ketones is 1. The summed E-state index contributed by atoms with van der Waals surface area (Å²) in [6.45, 7) is 1.50. The maximum absolute atomic E-state index is 12.4. The molecule has 1 aromatic heterocycles. The molecule has 0 radical (unpaired) electrons. The van der Waals surface area contributed by atoms with Crippen LogP contribution >= 0.6 is 0 Å². The minimum absolute atomic E-state index is 0.0140. The molecule has 8 nitrogen and oxygen atoms in total. The largest absolute Gasteiger partial charge is 0.497 e. The van der Waals surface area contributed by atoms with Gasteiger partial charge in [-0.05, 0) is 67.6 Å². The Labute approximate surface area is 162 Å². The summed E-state index contributed by atoms with van der Waals surface area (Å²) in [4.78, 5) is 11.4. The Morgan fingerprint density at radius 3 is 2.04 bits per heavy atom. The van der Waals surface area contributed by atoms with E-state index in [-0.39, 0.29) is 16.5 Å². The molecule has 0 aliphatic carbocycles. The summed E-state index contributed by atoms with van der Waals surface area (Å²) >= 11 is 0. The van der Waals surface area contributed by atoms with E-state index in [2.05, 4.69) is 20.2 Å². The van der Waals surface area contributed by atoms with Gasteiger partial charge in [-0.3, -0.25) is 9.52 Å². The number of anilines is 3. The summed E-state index contributed by atoms with van der Waals surface area (Å²) in [5.74, 6) is 1.07. The van der Waals surface area contributed by atoms with Crippen molar-refractivity contribution in [1.82, 2.24) is 10.2 Å². The zero-order valence-electron chi connectivity index (χ0n) is 15.2. The molecule has 0 saturated carbocycles. The van der Waals surface area contributed by atoms with Crippen molar-refractivity contribution >= 4 is 33.1 Å². The molecule has 28 heavy (non-hydrogen) atoms. The molecule has 0 bridgehead atoms. The summed E-state index contributed by atoms with van der Waals surface area (Å²) in [5, 5.41) is 10.9. The van der Waals surface area contributed by atoms with Crippen molar-refractivity contribution in [3.8, 4) is 5.75 Å². The number of rotatable bonds is 7. The van der Waals surface area contributed by atoms with Gasteiger partial charge in [0.1, 0.15) is 5.75 Å². The van der Waals surface area contributed by atoms with E-state index in [0.29, 0.717) is 17.1 Å². The van der Waals surface area contributed by atoms with E-state index in [1.165, 1.54) is 32.2 Å². The smallest absolute Gasteiger partial charge is 0.263 e. The molecule has 0 aliphatic heterocycles. The first-order chi connectivity index (χ1) is 13.4. The summed E-state index contributed by atoms with van der Waals surface area (Å²) in [6.07, 6.45) is 0. The Morgan fingerprint density at radius 2 is 1.50 bits per heavy atom. The van der Waals surface area contributed by atoms with Crippen LogP contribution in [-0.4, -0.2) is 31.5 Å². The van der Waals surface area contributed by atoms with Gasteiger partial charge in [-0.25, -0.2) is 8.42 Å². The fraction of sp³-hybridized carbons (Fsp3) is 0.105. The lowest BCUT2D eigenvalue weighted by Gasteiger charge is -2.09. The Hall–Kier alpha value is -3.46. The SMILES string of the molecule is COc1ccc(S(=O)(=O)Nc2ccc(Nc3ccc(C(C)=O)cc3)nn2)cc1. The van der Waals surface area contributed by atoms with Gasteiger partial charge in [0.25, 0.3) is 10.0 Å². The zero-order valence-corrected chi connectivity index (χ0v) is 16.0. The molecule has 0 atom stereocenters. The van der Waals surface area contributed by atoms with Crippen molar-refractivity contribution in [2.75, 3.05) is 17.1 Å². The van der Waals surface area contributed by atoms with Crippen molar-refractivity contribution in [2.24, 2.45) is 0 Å². The Balaban J connectivity index is 1.68. The van der Waals surface area contributed by atoms with Crippen LogP contribution in [0.25, 0.3) is 0 Å². The first kappa shape index (κ1) is 19.3. The van der Waals surface area contributed by atoms with Crippen LogP contribution < -0.4 is 14.8 Å². The summed E-state index contributed by atoms with van der Waals surface area (Å²) in [7, 11) is -2.28. The number of methoxy groups -OCH3 is 1. The number of carbonyl (C=O) groups is 1. The molecule has 9 heteroatoms. The maximum Gasteiger partial charge on any atom is 0.263 e. The lowest BCUT2D eigenvalue weighted by atomic mass is 10.1. The molecule has 0 aliphatic rings. The van der Waals surface area contributed by atoms with Gasteiger partial charge in [0.15, 0.2) is 17.4 Å². The number of aromatic nitrogens is 2. The number of Topliss-reactive ketones (excluding diaryl/α,β-unsaturated/α-hetero) is 1. The molecule has 0 spiro atoms. The van der Waals surface area contributed by atoms with Gasteiger partial charge in [0, 0.05) is 11.3 Å². The van der Waals surface area contributed by atoms with E-state index in [9.17, 15) is 13.2 Å². The zero-order chi connectivity index (χ0) is 20.1. The van der Waals surface area contributed by atoms with Crippen LogP contribution in [0.2, 0.25) is 0 Å². The fourth-order valence-electron chi connectivity index (χ4n) is 2.34. The standard InChI is InChI=1S/C19H18N4O4S/c1-13(24)14-3-5-15(6-4-14)20-18-11-12-19(22-21-18)23-28(25,26)17-9-7-16(27-2)8-10-17/h3-12H,1-2H3,(H,20,21)(H,22,23). The summed E-state index contributed by atoms with van der Waals surface area (Å²) < 4.78 is 32.2. The van der Waals surface area contributed by atoms with Crippen molar-refractivity contribution in [3.05, 3.63) is 66.2 Å². The highest BCUT2D eigenvalue weighted by Gasteiger charge is 2.15. The second-order valence-corrected chi connectivity index (χ2v) is 7.53. The number of carbonyl (C=O) groups excluding carboxylic acids is 1. The average Bonchev–Trinajstić information content (AvgIpc) is 2.70. The highest BCUT2D eigenvalue weighted by molar-refractivity contribution is 7.92. The lowest BCUT2D eigenvalue weighted by Crippen LogP contribution is -2.14. The van der Waals surface area contributed by atoms with Crippen LogP contribution in [0.3, 0.4) is 0 Å². The Bertz CT molecular complexity index is 1060. The summed E-state index contributed by atoms with van der Waals surface area (Å²) in [5.41, 5.74) is 1.34. The van der Waals surface area contributed by atoms with Crippen molar-refractivity contribution in [1.29, 1.82) is 0 Å². The van der Waals surface area contributed by atoms with Gasteiger partial charge in [0.2, 0.25) is 0 Å². The number of benzene rings is 2. The molecule has 1 heterocycles. The number of ether oxygens (including phenoxy) is 1. The second-order valence-electron chi connectivity index (χ2n) is 5.84. The number of nitrogens with zero attached hydrogens (tertiary/aromatic N) is 2. The predicted octanol–water partition coefficient (Wildman–Crippen LogP) is 3.23. The monoisotopic (exact) mass is 398 g/mol. The normalized spacial score (nSPS) is 10.9. The maximum atomic E-state index is 12.4. The molecule has 144 valence electrons. The Morgan fingerprint density at radius 1 is 0.893 bits per heavy atom. The quantitative estimate of drug-likeness (QED) is 0.588. The molecular weight excluding hydrogens is 380 g/mol. The summed E-state index contributed by atoms with van der Waals surface area (Å²) in [6, 6.07) is 16.0. The fourth-order valence-corrected chi connectivity index (χ4v) is 3.34. The van der Waals surface area contributed by atoms with Gasteiger partial charge >= 0.3 is 0 Å². The van der Waals surface area contributed by atoms with Gasteiger partial charge in [-0.15, -0.1) is 10.2 Å². The lowest BCUT2D eigenvalue weighted by molar-refractivity contribution is 0.101. The molecular formula is C19H18N4O4S. The number of nitrogens with one attached hydrogen (secondary N) is 2. The van der Waals surface area contributed by atoms with Crippen molar-refractivity contribution in [3.63, 3.8) is 0 Å². The highest BCUT2D eigenvalue weighted by atomic mass is 32.2.